The van der Waals surface area contributed by atoms with Crippen molar-refractivity contribution in [2.75, 3.05) is 7.11 Å². The van der Waals surface area contributed by atoms with E-state index in [1.807, 2.05) is 47.1 Å². The smallest absolute Gasteiger partial charge is 0.416 e. The first-order valence-electron chi connectivity index (χ1n) is 10.5. The third-order valence-electron chi connectivity index (χ3n) is 5.34. The average molecular weight is 494 g/mol. The van der Waals surface area contributed by atoms with Crippen molar-refractivity contribution in [1.29, 1.82) is 0 Å². The predicted molar refractivity (Wildman–Crippen MR) is 126 cm³/mol. The van der Waals surface area contributed by atoms with E-state index in [-0.39, 0.29) is 0 Å². The quantitative estimate of drug-likeness (QED) is 0.284. The monoisotopic (exact) mass is 493 g/mol. The van der Waals surface area contributed by atoms with E-state index in [4.69, 9.17) is 4.74 Å². The first-order valence-corrected chi connectivity index (χ1v) is 11.3. The number of methoxy groups -OCH3 is 1. The molecule has 0 bridgehead atoms. The Morgan fingerprint density at radius 1 is 0.914 bits per heavy atom. The third kappa shape index (κ3) is 4.97. The van der Waals surface area contributed by atoms with Gasteiger partial charge in [-0.2, -0.15) is 13.2 Å². The highest BCUT2D eigenvalue weighted by Crippen LogP contribution is 2.36. The summed E-state index contributed by atoms with van der Waals surface area (Å²) in [6, 6.07) is 18.5. The summed E-state index contributed by atoms with van der Waals surface area (Å²) in [5.74, 6) is 0.788. The maximum atomic E-state index is 12.9. The molecule has 0 spiro atoms. The van der Waals surface area contributed by atoms with Gasteiger partial charge in [0.2, 0.25) is 0 Å². The Morgan fingerprint density at radius 2 is 1.66 bits per heavy atom. The second-order valence-corrected chi connectivity index (χ2v) is 8.70. The minimum atomic E-state index is -4.37. The fourth-order valence-corrected chi connectivity index (χ4v) is 4.44. The summed E-state index contributed by atoms with van der Waals surface area (Å²) in [6.45, 7) is 0.556. The van der Waals surface area contributed by atoms with E-state index in [0.717, 1.165) is 34.5 Å². The fourth-order valence-electron chi connectivity index (χ4n) is 3.56. The number of rotatable bonds is 6. The molecule has 35 heavy (non-hydrogen) atoms. The van der Waals surface area contributed by atoms with Crippen LogP contribution in [0.25, 0.3) is 22.3 Å². The molecule has 0 amide bonds. The predicted octanol–water partition coefficient (Wildman–Crippen LogP) is 6.12. The standard InChI is InChI=1S/C25H18F3N5OS/c1-34-19-7-2-16(3-8-19)15-33-22-11-4-17(14-21(22)31-32-33)23-24(30-13-12-29-23)35-20-9-5-18(6-10-20)25(26,27)28/h2-14H,15H2,1H3. The molecule has 0 saturated carbocycles. The number of alkyl halides is 3. The number of fused-ring (bicyclic) bond motifs is 1. The number of aromatic nitrogens is 5. The van der Waals surface area contributed by atoms with Crippen LogP contribution in [0.3, 0.4) is 0 Å². The first kappa shape index (κ1) is 22.9. The Labute approximate surface area is 202 Å². The van der Waals surface area contributed by atoms with Crippen molar-refractivity contribution in [3.63, 3.8) is 0 Å². The molecule has 0 aliphatic heterocycles. The van der Waals surface area contributed by atoms with Crippen molar-refractivity contribution in [3.05, 3.63) is 90.3 Å². The van der Waals surface area contributed by atoms with Crippen molar-refractivity contribution in [1.82, 2.24) is 25.0 Å². The average Bonchev–Trinajstić information content (AvgIpc) is 3.26. The van der Waals surface area contributed by atoms with Crippen LogP contribution in [0.2, 0.25) is 0 Å². The van der Waals surface area contributed by atoms with Crippen molar-refractivity contribution in [2.45, 2.75) is 22.6 Å². The summed E-state index contributed by atoms with van der Waals surface area (Å²) < 4.78 is 45.6. The molecule has 6 nitrogen and oxygen atoms in total. The molecule has 0 N–H and O–H groups in total. The van der Waals surface area contributed by atoms with Gasteiger partial charge in [0, 0.05) is 22.9 Å². The molecule has 5 aromatic rings. The molecule has 0 aliphatic carbocycles. The summed E-state index contributed by atoms with van der Waals surface area (Å²) in [7, 11) is 1.63. The lowest BCUT2D eigenvalue weighted by Crippen LogP contribution is -2.03. The molecule has 0 saturated heterocycles. The SMILES string of the molecule is COc1ccc(Cn2nnc3cc(-c4nccnc4Sc4ccc(C(F)(F)F)cc4)ccc32)cc1. The van der Waals surface area contributed by atoms with Crippen LogP contribution in [-0.2, 0) is 12.7 Å². The molecule has 0 radical (unpaired) electrons. The second kappa shape index (κ2) is 9.38. The van der Waals surface area contributed by atoms with Crippen LogP contribution in [0.15, 0.2) is 89.0 Å². The Kier molecular flexibility index (Phi) is 6.12. The van der Waals surface area contributed by atoms with E-state index in [1.54, 1.807) is 19.5 Å². The number of benzene rings is 3. The van der Waals surface area contributed by atoms with Gasteiger partial charge in [0.1, 0.15) is 22.0 Å². The minimum Gasteiger partial charge on any atom is -0.497 e. The molecule has 0 fully saturated rings. The number of nitrogens with zero attached hydrogens (tertiary/aromatic N) is 5. The molecule has 176 valence electrons. The highest BCUT2D eigenvalue weighted by Gasteiger charge is 2.30. The summed E-state index contributed by atoms with van der Waals surface area (Å²) in [5.41, 5.74) is 3.34. The van der Waals surface area contributed by atoms with Gasteiger partial charge >= 0.3 is 6.18 Å². The summed E-state index contributed by atoms with van der Waals surface area (Å²) in [6.07, 6.45) is -1.24. The zero-order chi connectivity index (χ0) is 24.4. The van der Waals surface area contributed by atoms with Crippen LogP contribution >= 0.6 is 11.8 Å². The van der Waals surface area contributed by atoms with Crippen molar-refractivity contribution >= 4 is 22.8 Å². The van der Waals surface area contributed by atoms with Gasteiger partial charge in [0.15, 0.2) is 0 Å². The number of halogens is 3. The maximum Gasteiger partial charge on any atom is 0.416 e. The van der Waals surface area contributed by atoms with E-state index in [0.29, 0.717) is 27.7 Å². The molecule has 0 atom stereocenters. The Hall–Kier alpha value is -3.92. The number of hydrogen-bond donors (Lipinski definition) is 0. The number of hydrogen-bond acceptors (Lipinski definition) is 6. The van der Waals surface area contributed by atoms with Crippen molar-refractivity contribution < 1.29 is 17.9 Å². The molecule has 10 heteroatoms. The Bertz CT molecular complexity index is 1470. The van der Waals surface area contributed by atoms with Crippen LogP contribution in [0, 0.1) is 0 Å². The third-order valence-corrected chi connectivity index (χ3v) is 6.34. The van der Waals surface area contributed by atoms with E-state index >= 15 is 0 Å². The molecule has 3 aromatic carbocycles. The van der Waals surface area contributed by atoms with E-state index in [9.17, 15) is 13.2 Å². The summed E-state index contributed by atoms with van der Waals surface area (Å²) >= 11 is 1.25. The van der Waals surface area contributed by atoms with Crippen LogP contribution in [0.5, 0.6) is 5.75 Å². The van der Waals surface area contributed by atoms with E-state index in [1.165, 1.54) is 23.9 Å². The molecular weight excluding hydrogens is 475 g/mol. The second-order valence-electron chi connectivity index (χ2n) is 7.63. The lowest BCUT2D eigenvalue weighted by Gasteiger charge is -2.09. The molecule has 2 heterocycles. The van der Waals surface area contributed by atoms with Crippen molar-refractivity contribution in [2.24, 2.45) is 0 Å². The topological polar surface area (TPSA) is 65.7 Å². The van der Waals surface area contributed by atoms with Gasteiger partial charge < -0.3 is 4.74 Å². The van der Waals surface area contributed by atoms with Gasteiger partial charge in [-0.25, -0.2) is 9.67 Å². The molecule has 5 rings (SSSR count). The van der Waals surface area contributed by atoms with E-state index < -0.39 is 11.7 Å². The van der Waals surface area contributed by atoms with Crippen molar-refractivity contribution in [3.8, 4) is 17.0 Å². The van der Waals surface area contributed by atoms with Crippen LogP contribution in [0.4, 0.5) is 13.2 Å². The first-order chi connectivity index (χ1) is 16.9. The highest BCUT2D eigenvalue weighted by atomic mass is 32.2. The van der Waals surface area contributed by atoms with Gasteiger partial charge in [-0.3, -0.25) is 4.98 Å². The lowest BCUT2D eigenvalue weighted by atomic mass is 10.1. The normalized spacial score (nSPS) is 11.7. The van der Waals surface area contributed by atoms with Gasteiger partial charge in [-0.15, -0.1) is 5.10 Å². The Balaban J connectivity index is 1.41. The Morgan fingerprint density at radius 3 is 2.37 bits per heavy atom. The molecule has 0 aliphatic rings. The summed E-state index contributed by atoms with van der Waals surface area (Å²) in [5, 5.41) is 9.18. The maximum absolute atomic E-state index is 12.9. The van der Waals surface area contributed by atoms with Gasteiger partial charge in [-0.1, -0.05) is 35.2 Å². The van der Waals surface area contributed by atoms with Crippen LogP contribution in [0.1, 0.15) is 11.1 Å². The molecule has 2 aromatic heterocycles. The van der Waals surface area contributed by atoms with E-state index in [2.05, 4.69) is 20.3 Å². The van der Waals surface area contributed by atoms with Gasteiger partial charge in [-0.05, 0) is 54.1 Å². The summed E-state index contributed by atoms with van der Waals surface area (Å²) in [4.78, 5) is 9.50. The zero-order valence-corrected chi connectivity index (χ0v) is 19.2. The highest BCUT2D eigenvalue weighted by molar-refractivity contribution is 7.99. The fraction of sp³-hybridized carbons (Fsp3) is 0.120. The molecule has 0 unspecified atom stereocenters. The van der Waals surface area contributed by atoms with Crippen LogP contribution < -0.4 is 4.74 Å². The largest absolute Gasteiger partial charge is 0.497 e. The zero-order valence-electron chi connectivity index (χ0n) is 18.4. The van der Waals surface area contributed by atoms with Gasteiger partial charge in [0.25, 0.3) is 0 Å². The molecular formula is C25H18F3N5OS. The lowest BCUT2D eigenvalue weighted by molar-refractivity contribution is -0.137. The van der Waals surface area contributed by atoms with Gasteiger partial charge in [0.05, 0.1) is 24.7 Å². The number of ether oxygens (including phenoxy) is 1. The minimum absolute atomic E-state index is 0.556. The van der Waals surface area contributed by atoms with Crippen LogP contribution in [-0.4, -0.2) is 32.1 Å².